The third-order valence-electron chi connectivity index (χ3n) is 4.39. The number of hydrogen-bond acceptors (Lipinski definition) is 7. The maximum atomic E-state index is 11.5. The van der Waals surface area contributed by atoms with Crippen LogP contribution in [-0.4, -0.2) is 34.7 Å². The number of aliphatic imine (C=N–C) groups is 1. The van der Waals surface area contributed by atoms with Crippen molar-refractivity contribution in [2.24, 2.45) is 20.3 Å². The normalized spacial score (nSPS) is 11.1. The Labute approximate surface area is 228 Å². The summed E-state index contributed by atoms with van der Waals surface area (Å²) < 4.78 is 5.26. The van der Waals surface area contributed by atoms with Crippen molar-refractivity contribution < 1.29 is 53.9 Å². The predicted molar refractivity (Wildman–Crippen MR) is 131 cm³/mol. The van der Waals surface area contributed by atoms with Crippen LogP contribution in [0.15, 0.2) is 81.0 Å². The predicted octanol–water partition coefficient (Wildman–Crippen LogP) is 3.87. The Kier molecular flexibility index (Phi) is 12.1. The topological polar surface area (TPSA) is 134 Å². The molecule has 0 amide bonds. The molecule has 0 aromatic heterocycles. The van der Waals surface area contributed by atoms with Crippen LogP contribution in [0.3, 0.4) is 0 Å². The maximum Gasteiger partial charge on any atom is 1.00 e. The van der Waals surface area contributed by atoms with Gasteiger partial charge in [0.15, 0.2) is 5.56 Å². The van der Waals surface area contributed by atoms with Crippen LogP contribution < -0.4 is 10.2 Å². The van der Waals surface area contributed by atoms with Crippen molar-refractivity contribution in [3.05, 3.63) is 77.4 Å². The van der Waals surface area contributed by atoms with Gasteiger partial charge in [-0.2, -0.15) is 10.2 Å². The first-order chi connectivity index (χ1) is 15.9. The average Bonchev–Trinajstić information content (AvgIpc) is 2.80. The van der Waals surface area contributed by atoms with Crippen LogP contribution in [-0.2, 0) is 46.8 Å². The zero-order valence-electron chi connectivity index (χ0n) is 18.5. The van der Waals surface area contributed by atoms with Crippen LogP contribution in [0.25, 0.3) is 0 Å². The number of azo groups is 1. The number of nitrogens with zero attached hydrogens (tertiary/aromatic N) is 4. The van der Waals surface area contributed by atoms with E-state index < -0.39 is 5.97 Å². The summed E-state index contributed by atoms with van der Waals surface area (Å²) in [4.78, 5) is 15.7. The summed E-state index contributed by atoms with van der Waals surface area (Å²) in [6.45, 7) is 1.98. The van der Waals surface area contributed by atoms with Gasteiger partial charge in [-0.1, -0.05) is 29.8 Å². The Balaban J connectivity index is 0.00000306. The molecule has 0 radical (unpaired) electrons. The van der Waals surface area contributed by atoms with Crippen LogP contribution in [0.1, 0.15) is 21.5 Å². The van der Waals surface area contributed by atoms with Gasteiger partial charge in [-0.25, -0.2) is 0 Å². The molecule has 0 bridgehead atoms. The van der Waals surface area contributed by atoms with Crippen molar-refractivity contribution in [2.45, 2.75) is 6.92 Å². The van der Waals surface area contributed by atoms with E-state index in [4.69, 9.17) is 27.6 Å². The molecule has 3 aromatic carbocycles. The summed E-state index contributed by atoms with van der Waals surface area (Å²) in [7, 11) is 1.44. The Morgan fingerprint density at radius 3 is 2.37 bits per heavy atom. The quantitative estimate of drug-likeness (QED) is 0.0849. The molecule has 0 aliphatic heterocycles. The molecular formula is C23H22Cu2N5O4S+3. The number of carbonyl (C=O) groups excluding carboxylic acids is 1. The number of aryl methyl sites for hydroxylation is 1. The molecule has 0 heterocycles. The second-order valence-corrected chi connectivity index (χ2v) is 7.17. The van der Waals surface area contributed by atoms with Crippen molar-refractivity contribution in [3.63, 3.8) is 0 Å². The average molecular weight is 592 g/mol. The molecule has 0 saturated carbocycles. The maximum absolute atomic E-state index is 11.5. The number of rotatable bonds is 7. The first kappa shape index (κ1) is 29.8. The van der Waals surface area contributed by atoms with Gasteiger partial charge in [-0.3, -0.25) is 10.4 Å². The number of methoxy groups -OCH3 is 1. The summed E-state index contributed by atoms with van der Waals surface area (Å²) in [6.07, 6.45) is 1.40. The molecule has 35 heavy (non-hydrogen) atoms. The molecule has 0 fully saturated rings. The number of hydrazone groups is 1. The van der Waals surface area contributed by atoms with Crippen LogP contribution in [0, 0.1) is 6.92 Å². The minimum absolute atomic E-state index is 0. The second kappa shape index (κ2) is 14.2. The number of carbonyl (C=O) groups is 1. The van der Waals surface area contributed by atoms with Crippen molar-refractivity contribution >= 4 is 47.0 Å². The van der Waals surface area contributed by atoms with E-state index in [1.807, 2.05) is 31.2 Å². The number of nitrogens with one attached hydrogen (secondary N) is 1. The molecule has 188 valence electrons. The Hall–Kier alpha value is -3.27. The second-order valence-electron chi connectivity index (χ2n) is 6.78. The molecule has 0 atom stereocenters. The standard InChI is InChI=1S/C23H21N5O4S.2Cu/c1-14-7-9-16(10-8-14)25-23(33)28-24-13-15-11-17(12-20(32-2)21(15)29)26-27-19-6-4-3-5-18(19)22(30)31;;/h3-13,29H,1-2H3,(H,30,31)(H2,25,28,33);;/q;2*+1/p+1. The molecular weight excluding hydrogens is 569 g/mol. The van der Waals surface area contributed by atoms with Crippen molar-refractivity contribution in [2.75, 3.05) is 7.11 Å². The van der Waals surface area contributed by atoms with E-state index >= 15 is 0 Å². The molecule has 9 nitrogen and oxygen atoms in total. The van der Waals surface area contributed by atoms with Crippen LogP contribution >= 0.6 is 0 Å². The first-order valence-corrected chi connectivity index (χ1v) is 10.1. The number of benzene rings is 3. The zero-order valence-corrected chi connectivity index (χ0v) is 21.2. The van der Waals surface area contributed by atoms with E-state index in [2.05, 4.69) is 25.7 Å². The van der Waals surface area contributed by atoms with Gasteiger partial charge in [-0.15, -0.1) is 5.11 Å². The summed E-state index contributed by atoms with van der Waals surface area (Å²) in [5, 5.41) is 28.0. The summed E-state index contributed by atoms with van der Waals surface area (Å²) >= 11 is 5.18. The van der Waals surface area contributed by atoms with Gasteiger partial charge < -0.3 is 27.6 Å². The minimum atomic E-state index is -0.852. The summed E-state index contributed by atoms with van der Waals surface area (Å²) in [6, 6.07) is 17.1. The molecule has 0 unspecified atom stereocenters. The fourth-order valence-corrected chi connectivity index (χ4v) is 2.88. The Morgan fingerprint density at radius 1 is 1.03 bits per heavy atom. The van der Waals surface area contributed by atoms with Gasteiger partial charge in [0.25, 0.3) is 0 Å². The third-order valence-corrected chi connectivity index (χ3v) is 4.57. The summed E-state index contributed by atoms with van der Waals surface area (Å²) in [5.74, 6) is -0.482. The van der Waals surface area contributed by atoms with E-state index in [9.17, 15) is 4.79 Å². The smallest absolute Gasteiger partial charge is 0.741 e. The van der Waals surface area contributed by atoms with Crippen molar-refractivity contribution in [3.8, 4) is 11.5 Å². The molecule has 0 aliphatic rings. The monoisotopic (exact) mass is 590 g/mol. The van der Waals surface area contributed by atoms with E-state index in [1.54, 1.807) is 30.3 Å². The zero-order chi connectivity index (χ0) is 23.8. The largest absolute Gasteiger partial charge is 1.00 e. The Bertz CT molecular complexity index is 1250. The van der Waals surface area contributed by atoms with Gasteiger partial charge in [0, 0.05) is 16.0 Å². The summed E-state index contributed by atoms with van der Waals surface area (Å²) in [5.41, 5.74) is 5.66. The van der Waals surface area contributed by atoms with Crippen LogP contribution in [0.2, 0.25) is 0 Å². The first-order valence-electron chi connectivity index (χ1n) is 9.69. The molecule has 5 N–H and O–H groups in total. The van der Waals surface area contributed by atoms with E-state index in [-0.39, 0.29) is 62.1 Å². The minimum Gasteiger partial charge on any atom is -0.741 e. The Morgan fingerprint density at radius 2 is 1.71 bits per heavy atom. The fraction of sp³-hybridized carbons (Fsp3) is 0.0870. The van der Waals surface area contributed by atoms with Gasteiger partial charge in [0.05, 0.1) is 30.3 Å². The number of hydrogen-bond donors (Lipinski definition) is 1. The SMILES string of the molecule is COc1cc(N=Nc2ccccc2C(=O)[OH2+])cc(C=NNC([S-])=Nc2ccc(C)cc2)c1[OH2+].[Cu+].[Cu+]. The van der Waals surface area contributed by atoms with E-state index in [0.717, 1.165) is 5.56 Å². The molecule has 12 heteroatoms. The van der Waals surface area contributed by atoms with E-state index in [0.29, 0.717) is 16.9 Å². The van der Waals surface area contributed by atoms with Gasteiger partial charge in [0.2, 0.25) is 5.75 Å². The van der Waals surface area contributed by atoms with Crippen LogP contribution in [0.5, 0.6) is 11.5 Å². The molecule has 3 aromatic rings. The van der Waals surface area contributed by atoms with Crippen LogP contribution in [0.4, 0.5) is 17.1 Å². The number of amidine groups is 1. The van der Waals surface area contributed by atoms with Gasteiger partial charge in [0.1, 0.15) is 5.69 Å². The van der Waals surface area contributed by atoms with Crippen molar-refractivity contribution in [1.82, 2.24) is 5.43 Å². The fourth-order valence-electron chi connectivity index (χ4n) is 2.73. The molecule has 0 aliphatic carbocycles. The van der Waals surface area contributed by atoms with Gasteiger partial charge in [-0.05, 0) is 37.3 Å². The van der Waals surface area contributed by atoms with Crippen molar-refractivity contribution in [1.29, 1.82) is 0 Å². The third kappa shape index (κ3) is 8.47. The molecule has 3 rings (SSSR count). The van der Waals surface area contributed by atoms with E-state index in [1.165, 1.54) is 19.4 Å². The molecule has 0 saturated heterocycles. The molecule has 0 spiro atoms. The van der Waals surface area contributed by atoms with Gasteiger partial charge >= 0.3 is 45.9 Å². The number of ether oxygens (including phenoxy) is 1.